The Labute approximate surface area is 569 Å². The first-order valence-electron chi connectivity index (χ1n) is 33.7. The van der Waals surface area contributed by atoms with Gasteiger partial charge in [-0.3, -0.25) is 4.57 Å². The molecule has 0 aliphatic heterocycles. The summed E-state index contributed by atoms with van der Waals surface area (Å²) in [4.78, 5) is 6.04. The monoisotopic (exact) mass is 1260 g/mol. The molecule has 7 heteroatoms. The standard InChI is InChI=1S/C92H57N7/c93-58-76-88(96-78-41-21-16-36-68(78)72-54-63(46-50-82(72)96)59-26-6-1-7-27-59)87(92-94-77-40-20-25-45-86(77)95(92)67-34-14-5-15-35-67)90(98-80-43-23-18-38-70(80)74-56-65(48-52-84(74)98)61-30-10-3-11-31-61)91(99-81-44-24-19-39-71(81)75-57-66(49-53-85(75)99)62-32-12-4-13-33-62)89(76)97-79-42-22-17-37-69(79)73-55-64(47-51-83(73)97)60-28-8-2-9-29-60/h1-57H. The highest BCUT2D eigenvalue weighted by atomic mass is 15.2. The topological polar surface area (TPSA) is 61.3 Å². The molecule has 0 radical (unpaired) electrons. The summed E-state index contributed by atoms with van der Waals surface area (Å²) in [5, 5.41) is 22.1. The molecule has 460 valence electrons. The van der Waals surface area contributed by atoms with Gasteiger partial charge in [-0.2, -0.15) is 5.26 Å². The SMILES string of the molecule is N#Cc1c(-n2c3ccccc3c3cc(-c4ccccc4)ccc32)c(-c2nc3ccccc3n2-c2ccccc2)c(-n2c3ccccc3c3cc(-c4ccccc4)ccc32)c(-n2c3ccccc3c3cc(-c4ccccc4)ccc32)c1-n1c2ccccc2c2cc(-c3ccccc3)ccc21. The molecule has 0 aliphatic rings. The second kappa shape index (κ2) is 22.3. The van der Waals surface area contributed by atoms with Crippen LogP contribution in [0.3, 0.4) is 0 Å². The van der Waals surface area contributed by atoms with Crippen molar-refractivity contribution in [2.45, 2.75) is 0 Å². The summed E-state index contributed by atoms with van der Waals surface area (Å²) >= 11 is 0. The molecule has 7 nitrogen and oxygen atoms in total. The Kier molecular flexibility index (Phi) is 12.6. The highest BCUT2D eigenvalue weighted by molar-refractivity contribution is 6.18. The third-order valence-corrected chi connectivity index (χ3v) is 20.3. The molecule has 0 N–H and O–H groups in total. The second-order valence-corrected chi connectivity index (χ2v) is 25.7. The molecule has 0 unspecified atom stereocenters. The maximum absolute atomic E-state index is 13.6. The van der Waals surface area contributed by atoms with Crippen molar-refractivity contribution in [2.24, 2.45) is 0 Å². The molecule has 0 atom stereocenters. The van der Waals surface area contributed by atoms with E-state index in [9.17, 15) is 5.26 Å². The Morgan fingerprint density at radius 1 is 0.222 bits per heavy atom. The molecule has 0 fully saturated rings. The van der Waals surface area contributed by atoms with Gasteiger partial charge in [-0.25, -0.2) is 4.98 Å². The van der Waals surface area contributed by atoms with Gasteiger partial charge in [0, 0.05) is 48.8 Å². The fourth-order valence-electron chi connectivity index (χ4n) is 16.0. The minimum atomic E-state index is 0.457. The van der Waals surface area contributed by atoms with Crippen molar-refractivity contribution < 1.29 is 0 Å². The molecule has 5 aromatic heterocycles. The lowest BCUT2D eigenvalue weighted by Gasteiger charge is -2.29. The summed E-state index contributed by atoms with van der Waals surface area (Å²) in [6.45, 7) is 0. The van der Waals surface area contributed by atoms with Gasteiger partial charge in [-0.05, 0) is 142 Å². The molecular formula is C92H57N7. The summed E-state index contributed by atoms with van der Waals surface area (Å²) in [5.74, 6) is 0.664. The van der Waals surface area contributed by atoms with E-state index in [2.05, 4.69) is 375 Å². The highest BCUT2D eigenvalue weighted by Gasteiger charge is 2.37. The Morgan fingerprint density at radius 3 is 0.889 bits per heavy atom. The number of fused-ring (bicyclic) bond motifs is 13. The van der Waals surface area contributed by atoms with Crippen molar-refractivity contribution >= 4 is 98.3 Å². The average Bonchev–Trinajstić information content (AvgIpc) is 1.57. The maximum Gasteiger partial charge on any atom is 0.150 e. The molecule has 0 saturated heterocycles. The highest BCUT2D eigenvalue weighted by Crippen LogP contribution is 2.53. The number of nitriles is 1. The van der Waals surface area contributed by atoms with E-state index >= 15 is 0 Å². The summed E-state index contributed by atoms with van der Waals surface area (Å²) < 4.78 is 12.2. The van der Waals surface area contributed by atoms with E-state index in [-0.39, 0.29) is 0 Å². The Hall–Kier alpha value is -13.5. The van der Waals surface area contributed by atoms with Gasteiger partial charge in [0.25, 0.3) is 0 Å². The summed E-state index contributed by atoms with van der Waals surface area (Å²) in [6, 6.07) is 128. The molecule has 20 aromatic rings. The van der Waals surface area contributed by atoms with Gasteiger partial charge >= 0.3 is 0 Å². The second-order valence-electron chi connectivity index (χ2n) is 25.7. The van der Waals surface area contributed by atoms with Crippen LogP contribution in [0.5, 0.6) is 0 Å². The minimum Gasteiger partial charge on any atom is -0.307 e. The average molecular weight is 1260 g/mol. The number of para-hydroxylation sites is 7. The first kappa shape index (κ1) is 55.9. The van der Waals surface area contributed by atoms with Crippen molar-refractivity contribution in [3.63, 3.8) is 0 Å². The molecule has 0 bridgehead atoms. The minimum absolute atomic E-state index is 0.457. The first-order chi connectivity index (χ1) is 49.1. The molecule has 5 heterocycles. The summed E-state index contributed by atoms with van der Waals surface area (Å²) in [5.41, 5.74) is 23.5. The van der Waals surface area contributed by atoms with Gasteiger partial charge in [-0.15, -0.1) is 0 Å². The largest absolute Gasteiger partial charge is 0.307 e. The van der Waals surface area contributed by atoms with Crippen LogP contribution < -0.4 is 0 Å². The van der Waals surface area contributed by atoms with Gasteiger partial charge in [0.1, 0.15) is 17.5 Å². The van der Waals surface area contributed by atoms with E-state index in [1.54, 1.807) is 0 Å². The number of nitrogens with zero attached hydrogens (tertiary/aromatic N) is 7. The van der Waals surface area contributed by atoms with Gasteiger partial charge in [-0.1, -0.05) is 249 Å². The van der Waals surface area contributed by atoms with E-state index in [0.717, 1.165) is 165 Å². The predicted molar refractivity (Wildman–Crippen MR) is 410 cm³/mol. The number of imidazole rings is 1. The zero-order chi connectivity index (χ0) is 65.2. The fraction of sp³-hybridized carbons (Fsp3) is 0. The number of hydrogen-bond acceptors (Lipinski definition) is 2. The molecule has 20 rings (SSSR count). The van der Waals surface area contributed by atoms with Crippen LogP contribution in [-0.2, 0) is 0 Å². The van der Waals surface area contributed by atoms with Crippen LogP contribution >= 0.6 is 0 Å². The van der Waals surface area contributed by atoms with Crippen LogP contribution in [0.15, 0.2) is 346 Å². The number of benzene rings is 15. The van der Waals surface area contributed by atoms with Gasteiger partial charge < -0.3 is 18.3 Å². The lowest BCUT2D eigenvalue weighted by molar-refractivity contribution is 1.01. The van der Waals surface area contributed by atoms with E-state index in [1.807, 2.05) is 0 Å². The van der Waals surface area contributed by atoms with Crippen LogP contribution in [0.25, 0.3) is 183 Å². The van der Waals surface area contributed by atoms with E-state index in [4.69, 9.17) is 4.98 Å². The van der Waals surface area contributed by atoms with Gasteiger partial charge in [0.15, 0.2) is 0 Å². The molecule has 0 amide bonds. The van der Waals surface area contributed by atoms with E-state index in [1.165, 1.54) is 0 Å². The molecule has 0 spiro atoms. The Balaban J connectivity index is 1.09. The lowest BCUT2D eigenvalue weighted by atomic mass is 9.96. The van der Waals surface area contributed by atoms with Crippen LogP contribution in [0.1, 0.15) is 5.56 Å². The smallest absolute Gasteiger partial charge is 0.150 e. The molecule has 15 aromatic carbocycles. The normalized spacial score (nSPS) is 11.8. The van der Waals surface area contributed by atoms with E-state index < -0.39 is 0 Å². The van der Waals surface area contributed by atoms with Crippen LogP contribution in [0, 0.1) is 11.3 Å². The van der Waals surface area contributed by atoms with Crippen molar-refractivity contribution in [3.8, 4) is 90.4 Å². The molecular weight excluding hydrogens is 1200 g/mol. The molecule has 99 heavy (non-hydrogen) atoms. The quantitative estimate of drug-likeness (QED) is 0.137. The number of aromatic nitrogens is 6. The zero-order valence-corrected chi connectivity index (χ0v) is 53.5. The molecule has 0 aliphatic carbocycles. The fourth-order valence-corrected chi connectivity index (χ4v) is 16.0. The Morgan fingerprint density at radius 2 is 0.515 bits per heavy atom. The van der Waals surface area contributed by atoms with Gasteiger partial charge in [0.05, 0.1) is 83.5 Å². The zero-order valence-electron chi connectivity index (χ0n) is 53.5. The predicted octanol–water partition coefficient (Wildman–Crippen LogP) is 23.6. The lowest BCUT2D eigenvalue weighted by Crippen LogP contribution is -2.17. The van der Waals surface area contributed by atoms with Crippen LogP contribution in [0.4, 0.5) is 0 Å². The van der Waals surface area contributed by atoms with Crippen molar-refractivity contribution in [1.82, 2.24) is 27.8 Å². The maximum atomic E-state index is 13.6. The third-order valence-electron chi connectivity index (χ3n) is 20.3. The summed E-state index contributed by atoms with van der Waals surface area (Å²) in [7, 11) is 0. The third kappa shape index (κ3) is 8.53. The number of hydrogen-bond donors (Lipinski definition) is 0. The summed E-state index contributed by atoms with van der Waals surface area (Å²) in [6.07, 6.45) is 0. The van der Waals surface area contributed by atoms with Crippen LogP contribution in [0.2, 0.25) is 0 Å². The first-order valence-corrected chi connectivity index (χ1v) is 33.7. The Bertz CT molecular complexity index is 6700. The van der Waals surface area contributed by atoms with Gasteiger partial charge in [0.2, 0.25) is 0 Å². The van der Waals surface area contributed by atoms with Crippen molar-refractivity contribution in [2.75, 3.05) is 0 Å². The van der Waals surface area contributed by atoms with E-state index in [0.29, 0.717) is 22.8 Å². The van der Waals surface area contributed by atoms with Crippen LogP contribution in [-0.4, -0.2) is 27.8 Å². The van der Waals surface area contributed by atoms with Crippen molar-refractivity contribution in [3.05, 3.63) is 351 Å². The molecule has 0 saturated carbocycles. The van der Waals surface area contributed by atoms with Crippen molar-refractivity contribution in [1.29, 1.82) is 5.26 Å². The number of rotatable bonds is 10.